The maximum atomic E-state index is 14.6. The summed E-state index contributed by atoms with van der Waals surface area (Å²) in [5.41, 5.74) is 1.22. The zero-order valence-electron chi connectivity index (χ0n) is 19.4. The predicted molar refractivity (Wildman–Crippen MR) is 125 cm³/mol. The van der Waals surface area contributed by atoms with Gasteiger partial charge in [-0.05, 0) is 56.1 Å². The minimum absolute atomic E-state index is 0.0488. The van der Waals surface area contributed by atoms with Gasteiger partial charge in [0.1, 0.15) is 17.3 Å². The quantitative estimate of drug-likeness (QED) is 0.576. The van der Waals surface area contributed by atoms with Gasteiger partial charge in [-0.25, -0.2) is 13.8 Å². The Labute approximate surface area is 201 Å². The van der Waals surface area contributed by atoms with Gasteiger partial charge in [0.05, 0.1) is 5.69 Å². The molecule has 2 unspecified atom stereocenters. The minimum atomic E-state index is -1.28. The molecule has 0 radical (unpaired) electrons. The number of aliphatic hydroxyl groups excluding tert-OH is 1. The van der Waals surface area contributed by atoms with Crippen LogP contribution in [0.4, 0.5) is 18.9 Å². The molecule has 10 heteroatoms. The van der Waals surface area contributed by atoms with E-state index in [1.807, 2.05) is 4.90 Å². The van der Waals surface area contributed by atoms with Gasteiger partial charge in [0.15, 0.2) is 6.23 Å². The van der Waals surface area contributed by atoms with Crippen LogP contribution in [-0.2, 0) is 0 Å². The van der Waals surface area contributed by atoms with Crippen LogP contribution in [-0.4, -0.2) is 60.2 Å². The molecule has 0 saturated carbocycles. The first-order chi connectivity index (χ1) is 16.9. The van der Waals surface area contributed by atoms with E-state index in [9.17, 15) is 23.1 Å². The molecule has 3 N–H and O–H groups in total. The Bertz CT molecular complexity index is 1170. The number of carbonyl (C=O) groups is 1. The number of amides is 1. The van der Waals surface area contributed by atoms with E-state index in [2.05, 4.69) is 20.5 Å². The number of aromatic nitrogens is 1. The zero-order valence-corrected chi connectivity index (χ0v) is 19.4. The summed E-state index contributed by atoms with van der Waals surface area (Å²) in [6.07, 6.45) is 2.88. The summed E-state index contributed by atoms with van der Waals surface area (Å²) < 4.78 is 43.0. The second kappa shape index (κ2) is 9.50. The lowest BCUT2D eigenvalue weighted by Crippen LogP contribution is -2.44. The molecule has 3 aliphatic heterocycles. The van der Waals surface area contributed by atoms with Crippen molar-refractivity contribution in [1.29, 1.82) is 0 Å². The van der Waals surface area contributed by atoms with E-state index in [-0.39, 0.29) is 22.7 Å². The number of likely N-dealkylation sites (tertiary alicyclic amines) is 1. The lowest BCUT2D eigenvalue weighted by atomic mass is 9.94. The molecule has 2 fully saturated rings. The van der Waals surface area contributed by atoms with Crippen molar-refractivity contribution in [2.75, 3.05) is 38.1 Å². The van der Waals surface area contributed by atoms with Crippen molar-refractivity contribution in [1.82, 2.24) is 20.5 Å². The van der Waals surface area contributed by atoms with Gasteiger partial charge >= 0.3 is 0 Å². The van der Waals surface area contributed by atoms with Crippen molar-refractivity contribution in [3.05, 3.63) is 64.4 Å². The molecule has 7 nitrogen and oxygen atoms in total. The van der Waals surface area contributed by atoms with Crippen LogP contribution in [0.2, 0.25) is 0 Å². The van der Waals surface area contributed by atoms with Crippen LogP contribution in [0.5, 0.6) is 0 Å². The van der Waals surface area contributed by atoms with Crippen molar-refractivity contribution >= 4 is 17.7 Å². The number of carbonyl (C=O) groups excluding carboxylic acids is 1. The molecule has 2 aromatic rings. The summed E-state index contributed by atoms with van der Waals surface area (Å²) in [6.45, 7) is 2.95. The number of nitrogens with zero attached hydrogens (tertiary/aromatic N) is 3. The summed E-state index contributed by atoms with van der Waals surface area (Å²) in [7, 11) is 1.48. The third kappa shape index (κ3) is 4.48. The van der Waals surface area contributed by atoms with Crippen molar-refractivity contribution < 1.29 is 23.1 Å². The summed E-state index contributed by atoms with van der Waals surface area (Å²) in [5.74, 6) is -2.18. The van der Waals surface area contributed by atoms with E-state index in [0.717, 1.165) is 50.2 Å². The Balaban J connectivity index is 1.22. The van der Waals surface area contributed by atoms with Crippen LogP contribution < -0.4 is 15.5 Å². The molecule has 186 valence electrons. The lowest BCUT2D eigenvalue weighted by Gasteiger charge is -2.38. The van der Waals surface area contributed by atoms with Crippen LogP contribution in [0.1, 0.15) is 47.1 Å². The zero-order chi connectivity index (χ0) is 24.7. The largest absolute Gasteiger partial charge is 0.369 e. The van der Waals surface area contributed by atoms with Crippen LogP contribution in [0.15, 0.2) is 30.0 Å². The number of hydrogen-bond acceptors (Lipinski definition) is 6. The highest BCUT2D eigenvalue weighted by molar-refractivity contribution is 5.92. The maximum Gasteiger partial charge on any atom is 0.269 e. The van der Waals surface area contributed by atoms with Gasteiger partial charge in [-0.15, -0.1) is 0 Å². The number of anilines is 1. The maximum absolute atomic E-state index is 14.6. The number of piperidine rings is 1. The second-order valence-electron chi connectivity index (χ2n) is 9.29. The summed E-state index contributed by atoms with van der Waals surface area (Å²) in [5, 5.41) is 15.8. The average molecular weight is 488 g/mol. The molecule has 35 heavy (non-hydrogen) atoms. The van der Waals surface area contributed by atoms with Gasteiger partial charge in [-0.3, -0.25) is 9.69 Å². The monoisotopic (exact) mass is 487 g/mol. The molecule has 2 saturated heterocycles. The van der Waals surface area contributed by atoms with Crippen molar-refractivity contribution in [3.8, 4) is 0 Å². The SMILES string of the molecule is CNC(=O)c1ccc(N2CCC(N3CCC(C4=Cc5c(F)ccc(F)c5C(O)N4)C3)CC2)c(F)n1. The molecule has 3 aliphatic rings. The highest BCUT2D eigenvalue weighted by Crippen LogP contribution is 2.35. The summed E-state index contributed by atoms with van der Waals surface area (Å²) in [4.78, 5) is 19.8. The first kappa shape index (κ1) is 23.6. The van der Waals surface area contributed by atoms with E-state index in [4.69, 9.17) is 0 Å². The predicted octanol–water partition coefficient (Wildman–Crippen LogP) is 2.78. The van der Waals surface area contributed by atoms with Crippen LogP contribution in [0.3, 0.4) is 0 Å². The number of benzene rings is 1. The third-order valence-corrected chi connectivity index (χ3v) is 7.33. The molecule has 5 rings (SSSR count). The molecular formula is C25H28F3N5O2. The van der Waals surface area contributed by atoms with Gasteiger partial charge in [0, 0.05) is 55.5 Å². The molecule has 1 aromatic heterocycles. The highest BCUT2D eigenvalue weighted by atomic mass is 19.1. The Morgan fingerprint density at radius 1 is 1.09 bits per heavy atom. The third-order valence-electron chi connectivity index (χ3n) is 7.33. The van der Waals surface area contributed by atoms with Gasteiger partial charge in [-0.1, -0.05) is 0 Å². The molecule has 1 aromatic carbocycles. The molecule has 0 spiro atoms. The molecule has 0 bridgehead atoms. The van der Waals surface area contributed by atoms with E-state index in [0.29, 0.717) is 24.8 Å². The van der Waals surface area contributed by atoms with Gasteiger partial charge in [0.25, 0.3) is 5.91 Å². The number of fused-ring (bicyclic) bond motifs is 1. The number of aliphatic hydroxyl groups is 1. The Hall–Kier alpha value is -3.11. The lowest BCUT2D eigenvalue weighted by molar-refractivity contribution is 0.0957. The van der Waals surface area contributed by atoms with Crippen molar-refractivity contribution in [3.63, 3.8) is 0 Å². The fraction of sp³-hybridized carbons (Fsp3) is 0.440. The number of halogens is 3. The van der Waals surface area contributed by atoms with Gasteiger partial charge in [-0.2, -0.15) is 4.39 Å². The average Bonchev–Trinajstić information content (AvgIpc) is 3.36. The first-order valence-electron chi connectivity index (χ1n) is 11.9. The van der Waals surface area contributed by atoms with E-state index in [1.54, 1.807) is 12.1 Å². The fourth-order valence-corrected chi connectivity index (χ4v) is 5.43. The van der Waals surface area contributed by atoms with Gasteiger partial charge < -0.3 is 20.6 Å². The number of pyridine rings is 1. The summed E-state index contributed by atoms with van der Waals surface area (Å²) >= 11 is 0. The molecule has 4 heterocycles. The topological polar surface area (TPSA) is 80.7 Å². The smallest absolute Gasteiger partial charge is 0.269 e. The standard InChI is InChI=1S/C25H28F3N5O2/c1-29-24(34)19-4-5-21(23(28)30-19)32-10-7-15(8-11-32)33-9-6-14(13-33)20-12-16-17(26)2-3-18(27)22(16)25(35)31-20/h2-5,12,14-15,25,31,35H,6-11,13H2,1H3,(H,29,34). The minimum Gasteiger partial charge on any atom is -0.369 e. The first-order valence-corrected chi connectivity index (χ1v) is 11.9. The molecule has 1 amide bonds. The number of rotatable bonds is 4. The highest BCUT2D eigenvalue weighted by Gasteiger charge is 2.35. The van der Waals surface area contributed by atoms with Crippen LogP contribution in [0, 0.1) is 23.5 Å². The Morgan fingerprint density at radius 2 is 1.83 bits per heavy atom. The second-order valence-corrected chi connectivity index (χ2v) is 9.29. The van der Waals surface area contributed by atoms with Crippen LogP contribution in [0.25, 0.3) is 6.08 Å². The number of nitrogens with one attached hydrogen (secondary N) is 2. The normalized spacial score (nSPS) is 23.0. The molecule has 0 aliphatic carbocycles. The Kier molecular flexibility index (Phi) is 6.41. The van der Waals surface area contributed by atoms with Crippen molar-refractivity contribution in [2.45, 2.75) is 31.5 Å². The fourth-order valence-electron chi connectivity index (χ4n) is 5.43. The van der Waals surface area contributed by atoms with E-state index < -0.39 is 29.7 Å². The Morgan fingerprint density at radius 3 is 2.54 bits per heavy atom. The molecule has 2 atom stereocenters. The van der Waals surface area contributed by atoms with E-state index >= 15 is 0 Å². The molecular weight excluding hydrogens is 459 g/mol. The van der Waals surface area contributed by atoms with Crippen molar-refractivity contribution in [2.24, 2.45) is 5.92 Å². The van der Waals surface area contributed by atoms with Crippen LogP contribution >= 0.6 is 0 Å². The summed E-state index contributed by atoms with van der Waals surface area (Å²) in [6, 6.07) is 5.57. The number of hydrogen-bond donors (Lipinski definition) is 3. The van der Waals surface area contributed by atoms with Gasteiger partial charge in [0.2, 0.25) is 5.95 Å². The van der Waals surface area contributed by atoms with E-state index in [1.165, 1.54) is 13.1 Å².